The van der Waals surface area contributed by atoms with Crippen LogP contribution in [0.15, 0.2) is 24.3 Å². The number of aliphatic carboxylic acids is 1. The van der Waals surface area contributed by atoms with Crippen LogP contribution in [0.2, 0.25) is 5.02 Å². The Hall–Kier alpha value is -1.75. The standard InChI is InChI=1S/C14H18ClNO4/c1-2-10(7-14(18)19)8-16-13(17)9-20-12-5-3-11(15)4-6-12/h3-6,10H,2,7-9H2,1H3,(H,16,17)(H,18,19). The summed E-state index contributed by atoms with van der Waals surface area (Å²) < 4.78 is 5.28. The van der Waals surface area contributed by atoms with Gasteiger partial charge >= 0.3 is 5.97 Å². The first-order chi connectivity index (χ1) is 9.51. The highest BCUT2D eigenvalue weighted by Gasteiger charge is 2.12. The van der Waals surface area contributed by atoms with Crippen LogP contribution in [0.25, 0.3) is 0 Å². The van der Waals surface area contributed by atoms with Gasteiger partial charge in [-0.05, 0) is 30.2 Å². The predicted molar refractivity (Wildman–Crippen MR) is 76.0 cm³/mol. The number of carboxylic acid groups (broad SMARTS) is 1. The van der Waals surface area contributed by atoms with Gasteiger partial charge in [-0.15, -0.1) is 0 Å². The van der Waals surface area contributed by atoms with E-state index >= 15 is 0 Å². The predicted octanol–water partition coefficient (Wildman–Crippen LogP) is 2.34. The number of ether oxygens (including phenoxy) is 1. The zero-order chi connectivity index (χ0) is 15.0. The van der Waals surface area contributed by atoms with Crippen LogP contribution in [0, 0.1) is 5.92 Å². The molecular formula is C14H18ClNO4. The quantitative estimate of drug-likeness (QED) is 0.772. The Morgan fingerprint density at radius 2 is 2.00 bits per heavy atom. The minimum absolute atomic E-state index is 0.0504. The van der Waals surface area contributed by atoms with Gasteiger partial charge in [-0.3, -0.25) is 9.59 Å². The van der Waals surface area contributed by atoms with Crippen LogP contribution >= 0.6 is 11.6 Å². The lowest BCUT2D eigenvalue weighted by Gasteiger charge is -2.13. The Morgan fingerprint density at radius 1 is 1.35 bits per heavy atom. The van der Waals surface area contributed by atoms with Crippen molar-refractivity contribution in [1.29, 1.82) is 0 Å². The van der Waals surface area contributed by atoms with E-state index in [2.05, 4.69) is 5.32 Å². The van der Waals surface area contributed by atoms with Crippen LogP contribution in [0.1, 0.15) is 19.8 Å². The van der Waals surface area contributed by atoms with Gasteiger partial charge in [-0.2, -0.15) is 0 Å². The number of carboxylic acids is 1. The summed E-state index contributed by atoms with van der Waals surface area (Å²) in [5.74, 6) is -0.638. The topological polar surface area (TPSA) is 75.6 Å². The molecule has 1 aromatic carbocycles. The van der Waals surface area contributed by atoms with Crippen LogP contribution in [0.5, 0.6) is 5.75 Å². The van der Waals surface area contributed by atoms with Gasteiger partial charge in [0.05, 0.1) is 0 Å². The van der Waals surface area contributed by atoms with Gasteiger partial charge in [0.2, 0.25) is 0 Å². The minimum Gasteiger partial charge on any atom is -0.484 e. The molecule has 6 heteroatoms. The average molecular weight is 300 g/mol. The number of rotatable bonds is 8. The number of amides is 1. The van der Waals surface area contributed by atoms with E-state index in [4.69, 9.17) is 21.4 Å². The van der Waals surface area contributed by atoms with Crippen LogP contribution < -0.4 is 10.1 Å². The van der Waals surface area contributed by atoms with E-state index in [-0.39, 0.29) is 24.9 Å². The number of carbonyl (C=O) groups is 2. The highest BCUT2D eigenvalue weighted by atomic mass is 35.5. The third-order valence-electron chi connectivity index (χ3n) is 2.81. The van der Waals surface area contributed by atoms with E-state index in [0.717, 1.165) is 0 Å². The molecule has 0 aromatic heterocycles. The second-order valence-corrected chi connectivity index (χ2v) is 4.86. The molecule has 110 valence electrons. The summed E-state index contributed by atoms with van der Waals surface area (Å²) in [6.07, 6.45) is 0.749. The molecule has 2 N–H and O–H groups in total. The summed E-state index contributed by atoms with van der Waals surface area (Å²) in [6.45, 7) is 2.13. The van der Waals surface area contributed by atoms with Crippen molar-refractivity contribution in [3.8, 4) is 5.75 Å². The van der Waals surface area contributed by atoms with Crippen LogP contribution in [-0.2, 0) is 9.59 Å². The number of carbonyl (C=O) groups excluding carboxylic acids is 1. The van der Waals surface area contributed by atoms with Crippen molar-refractivity contribution in [1.82, 2.24) is 5.32 Å². The maximum Gasteiger partial charge on any atom is 0.303 e. The number of hydrogen-bond donors (Lipinski definition) is 2. The zero-order valence-corrected chi connectivity index (χ0v) is 12.0. The largest absolute Gasteiger partial charge is 0.484 e. The Morgan fingerprint density at radius 3 is 2.55 bits per heavy atom. The van der Waals surface area contributed by atoms with Gasteiger partial charge in [0.25, 0.3) is 5.91 Å². The first-order valence-electron chi connectivity index (χ1n) is 6.38. The fraction of sp³-hybridized carbons (Fsp3) is 0.429. The molecule has 1 aromatic rings. The lowest BCUT2D eigenvalue weighted by molar-refractivity contribution is -0.138. The van der Waals surface area contributed by atoms with E-state index in [0.29, 0.717) is 23.7 Å². The lowest BCUT2D eigenvalue weighted by atomic mass is 10.0. The Kier molecular flexibility index (Phi) is 6.87. The lowest BCUT2D eigenvalue weighted by Crippen LogP contribution is -2.33. The van der Waals surface area contributed by atoms with E-state index in [1.807, 2.05) is 6.92 Å². The summed E-state index contributed by atoms with van der Waals surface area (Å²) in [7, 11) is 0. The van der Waals surface area contributed by atoms with Gasteiger partial charge in [0, 0.05) is 18.0 Å². The smallest absolute Gasteiger partial charge is 0.303 e. The highest BCUT2D eigenvalue weighted by molar-refractivity contribution is 6.30. The number of hydrogen-bond acceptors (Lipinski definition) is 3. The van der Waals surface area contributed by atoms with Gasteiger partial charge < -0.3 is 15.2 Å². The maximum atomic E-state index is 11.6. The molecular weight excluding hydrogens is 282 g/mol. The molecule has 0 saturated heterocycles. The third kappa shape index (κ3) is 6.43. The number of nitrogens with one attached hydrogen (secondary N) is 1. The molecule has 0 aliphatic heterocycles. The Balaban J connectivity index is 2.29. The normalized spacial score (nSPS) is 11.7. The summed E-state index contributed by atoms with van der Waals surface area (Å²) in [5, 5.41) is 12.0. The van der Waals surface area contributed by atoms with Crippen LogP contribution in [0.3, 0.4) is 0 Å². The fourth-order valence-electron chi connectivity index (χ4n) is 1.60. The van der Waals surface area contributed by atoms with Gasteiger partial charge in [0.1, 0.15) is 5.75 Å². The Labute approximate surface area is 122 Å². The molecule has 20 heavy (non-hydrogen) atoms. The third-order valence-corrected chi connectivity index (χ3v) is 3.06. The molecule has 0 saturated carbocycles. The molecule has 1 atom stereocenters. The van der Waals surface area contributed by atoms with Gasteiger partial charge in [-0.1, -0.05) is 24.9 Å². The summed E-state index contributed by atoms with van der Waals surface area (Å²) in [6, 6.07) is 6.70. The first kappa shape index (κ1) is 16.3. The highest BCUT2D eigenvalue weighted by Crippen LogP contribution is 2.15. The Bertz CT molecular complexity index is 447. The second kappa shape index (κ2) is 8.43. The van der Waals surface area contributed by atoms with Crippen molar-refractivity contribution >= 4 is 23.5 Å². The molecule has 0 bridgehead atoms. The maximum absolute atomic E-state index is 11.6. The van der Waals surface area contributed by atoms with Crippen molar-refractivity contribution in [2.24, 2.45) is 5.92 Å². The molecule has 0 aliphatic carbocycles. The summed E-state index contributed by atoms with van der Waals surface area (Å²) in [5.41, 5.74) is 0. The fourth-order valence-corrected chi connectivity index (χ4v) is 1.72. The molecule has 1 amide bonds. The van der Waals surface area contributed by atoms with Crippen molar-refractivity contribution in [3.05, 3.63) is 29.3 Å². The average Bonchev–Trinajstić information content (AvgIpc) is 2.42. The number of benzene rings is 1. The molecule has 0 spiro atoms. The molecule has 0 heterocycles. The van der Waals surface area contributed by atoms with Crippen LogP contribution in [-0.4, -0.2) is 30.1 Å². The van der Waals surface area contributed by atoms with Gasteiger partial charge in [-0.25, -0.2) is 0 Å². The molecule has 1 unspecified atom stereocenters. The molecule has 0 radical (unpaired) electrons. The zero-order valence-electron chi connectivity index (χ0n) is 11.3. The first-order valence-corrected chi connectivity index (χ1v) is 6.76. The van der Waals surface area contributed by atoms with E-state index in [1.54, 1.807) is 24.3 Å². The van der Waals surface area contributed by atoms with Crippen molar-refractivity contribution < 1.29 is 19.4 Å². The SMILES string of the molecule is CCC(CNC(=O)COc1ccc(Cl)cc1)CC(=O)O. The molecule has 0 fully saturated rings. The van der Waals surface area contributed by atoms with Crippen LogP contribution in [0.4, 0.5) is 0 Å². The van der Waals surface area contributed by atoms with E-state index < -0.39 is 5.97 Å². The summed E-state index contributed by atoms with van der Waals surface area (Å²) >= 11 is 5.73. The monoisotopic (exact) mass is 299 g/mol. The van der Waals surface area contributed by atoms with Gasteiger partial charge in [0.15, 0.2) is 6.61 Å². The summed E-state index contributed by atoms with van der Waals surface area (Å²) in [4.78, 5) is 22.2. The van der Waals surface area contributed by atoms with Crippen molar-refractivity contribution in [2.45, 2.75) is 19.8 Å². The second-order valence-electron chi connectivity index (χ2n) is 4.42. The van der Waals surface area contributed by atoms with Crippen molar-refractivity contribution in [3.63, 3.8) is 0 Å². The van der Waals surface area contributed by atoms with Crippen molar-refractivity contribution in [2.75, 3.05) is 13.2 Å². The van der Waals surface area contributed by atoms with E-state index in [1.165, 1.54) is 0 Å². The molecule has 5 nitrogen and oxygen atoms in total. The number of halogens is 1. The minimum atomic E-state index is -0.858. The molecule has 1 rings (SSSR count). The molecule has 0 aliphatic rings. The van der Waals surface area contributed by atoms with E-state index in [9.17, 15) is 9.59 Å².